The molecule has 1 aromatic carbocycles. The molecule has 0 atom stereocenters. The Morgan fingerprint density at radius 2 is 1.74 bits per heavy atom. The van der Waals surface area contributed by atoms with Gasteiger partial charge < -0.3 is 9.64 Å². The van der Waals surface area contributed by atoms with Gasteiger partial charge in [0.15, 0.2) is 11.6 Å². The predicted molar refractivity (Wildman–Crippen MR) is 86.5 cm³/mol. The molecule has 2 heterocycles. The van der Waals surface area contributed by atoms with Gasteiger partial charge in [-0.3, -0.25) is 4.90 Å². The summed E-state index contributed by atoms with van der Waals surface area (Å²) in [5, 5.41) is 0. The van der Waals surface area contributed by atoms with Crippen LogP contribution < -0.4 is 0 Å². The van der Waals surface area contributed by atoms with Crippen molar-refractivity contribution in [3.05, 3.63) is 35.4 Å². The number of piperidine rings is 1. The molecular formula is C18H26F2N2O. The van der Waals surface area contributed by atoms with Gasteiger partial charge in [-0.05, 0) is 57.0 Å². The van der Waals surface area contributed by atoms with Crippen LogP contribution in [0.15, 0.2) is 18.2 Å². The standard InChI is InChI=1S/C18H26F2N2O/c1-18(22-10-12-23-13-11-22)5-8-21(9-6-18)7-4-15-2-3-16(19)17(20)14-15/h2-3,14H,4-13H2,1H3. The van der Waals surface area contributed by atoms with Crippen LogP contribution in [0.1, 0.15) is 25.3 Å². The first-order valence-corrected chi connectivity index (χ1v) is 8.56. The monoisotopic (exact) mass is 324 g/mol. The van der Waals surface area contributed by atoms with E-state index in [1.807, 2.05) is 0 Å². The van der Waals surface area contributed by atoms with Crippen molar-refractivity contribution in [2.24, 2.45) is 0 Å². The molecule has 0 N–H and O–H groups in total. The van der Waals surface area contributed by atoms with Crippen LogP contribution in [0.4, 0.5) is 8.78 Å². The minimum Gasteiger partial charge on any atom is -0.379 e. The van der Waals surface area contributed by atoms with Gasteiger partial charge in [-0.2, -0.15) is 0 Å². The summed E-state index contributed by atoms with van der Waals surface area (Å²) >= 11 is 0. The van der Waals surface area contributed by atoms with E-state index >= 15 is 0 Å². The Kier molecular flexibility index (Phi) is 5.29. The number of benzene rings is 1. The van der Waals surface area contributed by atoms with Gasteiger partial charge in [0.25, 0.3) is 0 Å². The van der Waals surface area contributed by atoms with Gasteiger partial charge in [-0.15, -0.1) is 0 Å². The number of nitrogens with zero attached hydrogens (tertiary/aromatic N) is 2. The van der Waals surface area contributed by atoms with E-state index < -0.39 is 11.6 Å². The topological polar surface area (TPSA) is 15.7 Å². The Morgan fingerprint density at radius 1 is 1.04 bits per heavy atom. The van der Waals surface area contributed by atoms with Crippen molar-refractivity contribution in [2.75, 3.05) is 45.9 Å². The zero-order valence-corrected chi connectivity index (χ0v) is 13.9. The molecule has 0 saturated carbocycles. The van der Waals surface area contributed by atoms with Crippen molar-refractivity contribution in [2.45, 2.75) is 31.7 Å². The quantitative estimate of drug-likeness (QED) is 0.847. The third kappa shape index (κ3) is 4.08. The smallest absolute Gasteiger partial charge is 0.159 e. The highest BCUT2D eigenvalue weighted by Gasteiger charge is 2.36. The second kappa shape index (κ2) is 7.24. The first-order valence-electron chi connectivity index (χ1n) is 8.56. The van der Waals surface area contributed by atoms with Crippen LogP contribution in [0.25, 0.3) is 0 Å². The maximum atomic E-state index is 13.2. The number of hydrogen-bond donors (Lipinski definition) is 0. The van der Waals surface area contributed by atoms with Gasteiger partial charge in [0, 0.05) is 25.2 Å². The average Bonchev–Trinajstić information content (AvgIpc) is 2.58. The Bertz CT molecular complexity index is 524. The van der Waals surface area contributed by atoms with Gasteiger partial charge in [0.1, 0.15) is 0 Å². The van der Waals surface area contributed by atoms with Crippen LogP contribution in [0, 0.1) is 11.6 Å². The molecule has 0 bridgehead atoms. The summed E-state index contributed by atoms with van der Waals surface area (Å²) in [5.41, 5.74) is 1.15. The number of morpholine rings is 1. The maximum Gasteiger partial charge on any atom is 0.159 e. The van der Waals surface area contributed by atoms with Crippen LogP contribution in [0.5, 0.6) is 0 Å². The molecule has 2 aliphatic heterocycles. The fraction of sp³-hybridized carbons (Fsp3) is 0.667. The Labute approximate surface area is 137 Å². The van der Waals surface area contributed by atoms with Crippen LogP contribution in [-0.2, 0) is 11.2 Å². The van der Waals surface area contributed by atoms with Crippen molar-refractivity contribution in [3.8, 4) is 0 Å². The van der Waals surface area contributed by atoms with Gasteiger partial charge in [-0.1, -0.05) is 6.07 Å². The van der Waals surface area contributed by atoms with Crippen molar-refractivity contribution < 1.29 is 13.5 Å². The summed E-state index contributed by atoms with van der Waals surface area (Å²) in [6, 6.07) is 4.22. The van der Waals surface area contributed by atoms with Crippen LogP contribution in [0.3, 0.4) is 0 Å². The van der Waals surface area contributed by atoms with Crippen molar-refractivity contribution in [1.82, 2.24) is 9.80 Å². The average molecular weight is 324 g/mol. The summed E-state index contributed by atoms with van der Waals surface area (Å²) in [7, 11) is 0. The predicted octanol–water partition coefficient (Wildman–Crippen LogP) is 2.69. The minimum absolute atomic E-state index is 0.280. The molecule has 5 heteroatoms. The lowest BCUT2D eigenvalue weighted by Crippen LogP contribution is -2.56. The molecule has 2 saturated heterocycles. The molecule has 3 nitrogen and oxygen atoms in total. The summed E-state index contributed by atoms with van der Waals surface area (Å²) in [6.07, 6.45) is 3.08. The van der Waals surface area contributed by atoms with E-state index in [0.29, 0.717) is 0 Å². The van der Waals surface area contributed by atoms with Crippen molar-refractivity contribution >= 4 is 0 Å². The third-order valence-electron chi connectivity index (χ3n) is 5.41. The number of hydrogen-bond acceptors (Lipinski definition) is 3. The van der Waals surface area contributed by atoms with E-state index in [4.69, 9.17) is 4.74 Å². The first-order chi connectivity index (χ1) is 11.1. The summed E-state index contributed by atoms with van der Waals surface area (Å²) < 4.78 is 31.7. The molecule has 0 spiro atoms. The molecule has 0 amide bonds. The van der Waals surface area contributed by atoms with Crippen LogP contribution in [0.2, 0.25) is 0 Å². The van der Waals surface area contributed by atoms with Crippen LogP contribution >= 0.6 is 0 Å². The first kappa shape index (κ1) is 16.8. The molecule has 1 aromatic rings. The third-order valence-corrected chi connectivity index (χ3v) is 5.41. The van der Waals surface area contributed by atoms with Gasteiger partial charge in [0.05, 0.1) is 13.2 Å². The summed E-state index contributed by atoms with van der Waals surface area (Å²) in [4.78, 5) is 5.01. The summed E-state index contributed by atoms with van der Waals surface area (Å²) in [5.74, 6) is -1.52. The molecule has 0 unspecified atom stereocenters. The van der Waals surface area contributed by atoms with E-state index in [9.17, 15) is 8.78 Å². The fourth-order valence-electron chi connectivity index (χ4n) is 3.66. The van der Waals surface area contributed by atoms with Gasteiger partial charge in [0.2, 0.25) is 0 Å². The normalized spacial score (nSPS) is 23.1. The zero-order valence-electron chi connectivity index (χ0n) is 13.9. The molecule has 2 aliphatic rings. The highest BCUT2D eigenvalue weighted by atomic mass is 19.2. The number of likely N-dealkylation sites (tertiary alicyclic amines) is 1. The minimum atomic E-state index is -0.770. The fourth-order valence-corrected chi connectivity index (χ4v) is 3.66. The zero-order chi connectivity index (χ0) is 16.3. The Balaban J connectivity index is 1.48. The lowest BCUT2D eigenvalue weighted by atomic mass is 9.87. The van der Waals surface area contributed by atoms with E-state index in [1.54, 1.807) is 6.07 Å². The van der Waals surface area contributed by atoms with Gasteiger partial charge >= 0.3 is 0 Å². The molecule has 3 rings (SSSR count). The highest BCUT2D eigenvalue weighted by Crippen LogP contribution is 2.29. The largest absolute Gasteiger partial charge is 0.379 e. The SMILES string of the molecule is CC1(N2CCOCC2)CCN(CCc2ccc(F)c(F)c2)CC1. The molecule has 2 fully saturated rings. The van der Waals surface area contributed by atoms with Crippen molar-refractivity contribution in [3.63, 3.8) is 0 Å². The molecule has 0 aromatic heterocycles. The van der Waals surface area contributed by atoms with E-state index in [0.717, 1.165) is 70.8 Å². The summed E-state index contributed by atoms with van der Waals surface area (Å²) in [6.45, 7) is 9.16. The second-order valence-corrected chi connectivity index (χ2v) is 6.94. The van der Waals surface area contributed by atoms with Gasteiger partial charge in [-0.25, -0.2) is 8.78 Å². The maximum absolute atomic E-state index is 13.2. The highest BCUT2D eigenvalue weighted by molar-refractivity contribution is 5.18. The molecule has 23 heavy (non-hydrogen) atoms. The lowest BCUT2D eigenvalue weighted by Gasteiger charge is -2.48. The van der Waals surface area contributed by atoms with E-state index in [2.05, 4.69) is 16.7 Å². The number of rotatable bonds is 4. The molecule has 0 radical (unpaired) electrons. The lowest BCUT2D eigenvalue weighted by molar-refractivity contribution is -0.0395. The number of halogens is 2. The Morgan fingerprint density at radius 3 is 2.39 bits per heavy atom. The second-order valence-electron chi connectivity index (χ2n) is 6.94. The van der Waals surface area contributed by atoms with E-state index in [-0.39, 0.29) is 5.54 Å². The molecule has 128 valence electrons. The molecular weight excluding hydrogens is 298 g/mol. The van der Waals surface area contributed by atoms with Crippen LogP contribution in [-0.4, -0.2) is 61.3 Å². The van der Waals surface area contributed by atoms with E-state index in [1.165, 1.54) is 12.1 Å². The number of ether oxygens (including phenoxy) is 1. The molecule has 0 aliphatic carbocycles. The Hall–Kier alpha value is -1.04. The van der Waals surface area contributed by atoms with Crippen molar-refractivity contribution in [1.29, 1.82) is 0 Å².